The van der Waals surface area contributed by atoms with Gasteiger partial charge >= 0.3 is 0 Å². The molecule has 1 N–H and O–H groups in total. The highest BCUT2D eigenvalue weighted by molar-refractivity contribution is 7.99. The van der Waals surface area contributed by atoms with Crippen LogP contribution in [0.15, 0.2) is 33.9 Å². The fourth-order valence-corrected chi connectivity index (χ4v) is 2.92. The number of hydrogen-bond acceptors (Lipinski definition) is 7. The minimum absolute atomic E-state index is 0.0235. The summed E-state index contributed by atoms with van der Waals surface area (Å²) in [6, 6.07) is 6.87. The molecule has 0 aliphatic heterocycles. The standard InChI is InChI=1S/C16H19N3O3S2/c1-3-4-14(21)17-12-7-5-11(6-8-12)13(20)9-24-16-19-18-15(22-16)10-23-2/h5-8H,3-4,9-10H2,1-2H3,(H,17,21). The Morgan fingerprint density at radius 2 is 1.96 bits per heavy atom. The second-order valence-electron chi connectivity index (χ2n) is 4.98. The first-order chi connectivity index (χ1) is 11.6. The van der Waals surface area contributed by atoms with Gasteiger partial charge in [-0.3, -0.25) is 9.59 Å². The molecule has 2 aromatic rings. The topological polar surface area (TPSA) is 85.1 Å². The number of nitrogens with zero attached hydrogens (tertiary/aromatic N) is 2. The van der Waals surface area contributed by atoms with Crippen LogP contribution in [0.1, 0.15) is 36.0 Å². The molecular formula is C16H19N3O3S2. The van der Waals surface area contributed by atoms with E-state index in [0.717, 1.165) is 6.42 Å². The highest BCUT2D eigenvalue weighted by Gasteiger charge is 2.11. The van der Waals surface area contributed by atoms with Gasteiger partial charge in [-0.15, -0.1) is 10.2 Å². The van der Waals surface area contributed by atoms with Gasteiger partial charge in [0.05, 0.1) is 11.5 Å². The van der Waals surface area contributed by atoms with Gasteiger partial charge in [-0.2, -0.15) is 11.8 Å². The van der Waals surface area contributed by atoms with Gasteiger partial charge in [0.25, 0.3) is 5.22 Å². The Labute approximate surface area is 149 Å². The maximum atomic E-state index is 12.2. The number of rotatable bonds is 9. The molecule has 0 bridgehead atoms. The molecule has 0 spiro atoms. The Bertz CT molecular complexity index is 686. The maximum absolute atomic E-state index is 12.2. The third kappa shape index (κ3) is 5.68. The summed E-state index contributed by atoms with van der Waals surface area (Å²) in [5.74, 6) is 1.39. The summed E-state index contributed by atoms with van der Waals surface area (Å²) >= 11 is 2.82. The first kappa shape index (κ1) is 18.5. The zero-order chi connectivity index (χ0) is 17.4. The van der Waals surface area contributed by atoms with E-state index >= 15 is 0 Å². The summed E-state index contributed by atoms with van der Waals surface area (Å²) < 4.78 is 5.42. The first-order valence-electron chi connectivity index (χ1n) is 7.49. The average molecular weight is 365 g/mol. The van der Waals surface area contributed by atoms with Crippen molar-refractivity contribution in [1.29, 1.82) is 0 Å². The van der Waals surface area contributed by atoms with E-state index in [-0.39, 0.29) is 17.4 Å². The van der Waals surface area contributed by atoms with Crippen LogP contribution in [0.4, 0.5) is 5.69 Å². The predicted molar refractivity (Wildman–Crippen MR) is 96.6 cm³/mol. The number of benzene rings is 1. The van der Waals surface area contributed by atoms with E-state index in [2.05, 4.69) is 15.5 Å². The van der Waals surface area contributed by atoms with Crippen molar-refractivity contribution in [3.05, 3.63) is 35.7 Å². The Morgan fingerprint density at radius 3 is 2.62 bits per heavy atom. The summed E-state index contributed by atoms with van der Waals surface area (Å²) in [7, 11) is 0. The molecule has 0 saturated carbocycles. The number of ketones is 1. The van der Waals surface area contributed by atoms with Crippen LogP contribution in [0.3, 0.4) is 0 Å². The van der Waals surface area contributed by atoms with Crippen LogP contribution in [0.25, 0.3) is 0 Å². The molecule has 6 nitrogen and oxygen atoms in total. The fourth-order valence-electron chi connectivity index (χ4n) is 1.88. The van der Waals surface area contributed by atoms with E-state index in [1.807, 2.05) is 13.2 Å². The number of aromatic nitrogens is 2. The smallest absolute Gasteiger partial charge is 0.277 e. The summed E-state index contributed by atoms with van der Waals surface area (Å²) in [6.07, 6.45) is 3.24. The van der Waals surface area contributed by atoms with Crippen molar-refractivity contribution in [2.45, 2.75) is 30.7 Å². The molecule has 0 atom stereocenters. The van der Waals surface area contributed by atoms with Crippen LogP contribution in [0, 0.1) is 0 Å². The molecule has 0 fully saturated rings. The molecule has 0 unspecified atom stereocenters. The van der Waals surface area contributed by atoms with Crippen molar-refractivity contribution in [2.75, 3.05) is 17.3 Å². The molecule has 0 aliphatic carbocycles. The van der Waals surface area contributed by atoms with Crippen molar-refractivity contribution < 1.29 is 14.0 Å². The Morgan fingerprint density at radius 1 is 1.21 bits per heavy atom. The maximum Gasteiger partial charge on any atom is 0.277 e. The lowest BCUT2D eigenvalue weighted by atomic mass is 10.1. The highest BCUT2D eigenvalue weighted by atomic mass is 32.2. The minimum Gasteiger partial charge on any atom is -0.415 e. The lowest BCUT2D eigenvalue weighted by Crippen LogP contribution is -2.10. The zero-order valence-corrected chi connectivity index (χ0v) is 15.2. The number of amides is 1. The Hall–Kier alpha value is -1.80. The number of carbonyl (C=O) groups excluding carboxylic acids is 2. The average Bonchev–Trinajstić information content (AvgIpc) is 3.01. The van der Waals surface area contributed by atoms with E-state index in [0.29, 0.717) is 34.5 Å². The predicted octanol–water partition coefficient (Wildman–Crippen LogP) is 3.65. The number of hydrogen-bond donors (Lipinski definition) is 1. The lowest BCUT2D eigenvalue weighted by Gasteiger charge is -2.05. The molecule has 24 heavy (non-hydrogen) atoms. The molecule has 128 valence electrons. The van der Waals surface area contributed by atoms with Crippen molar-refractivity contribution in [3.8, 4) is 0 Å². The Balaban J connectivity index is 1.86. The van der Waals surface area contributed by atoms with E-state index in [1.54, 1.807) is 36.0 Å². The number of nitrogens with one attached hydrogen (secondary N) is 1. The van der Waals surface area contributed by atoms with E-state index < -0.39 is 0 Å². The van der Waals surface area contributed by atoms with Gasteiger partial charge in [-0.25, -0.2) is 0 Å². The summed E-state index contributed by atoms with van der Waals surface area (Å²) in [4.78, 5) is 23.7. The van der Waals surface area contributed by atoms with Crippen LogP contribution in [-0.4, -0.2) is 33.9 Å². The van der Waals surface area contributed by atoms with E-state index in [9.17, 15) is 9.59 Å². The summed E-state index contributed by atoms with van der Waals surface area (Å²) in [5.41, 5.74) is 1.27. The highest BCUT2D eigenvalue weighted by Crippen LogP contribution is 2.20. The SMILES string of the molecule is CCCC(=O)Nc1ccc(C(=O)CSc2nnc(CSC)o2)cc1. The molecular weight excluding hydrogens is 346 g/mol. The third-order valence-electron chi connectivity index (χ3n) is 3.01. The zero-order valence-electron chi connectivity index (χ0n) is 13.6. The molecule has 0 radical (unpaired) electrons. The molecule has 1 amide bonds. The second kappa shape index (κ2) is 9.48. The van der Waals surface area contributed by atoms with Gasteiger partial charge in [-0.1, -0.05) is 18.7 Å². The van der Waals surface area contributed by atoms with Crippen LogP contribution >= 0.6 is 23.5 Å². The van der Waals surface area contributed by atoms with Gasteiger partial charge < -0.3 is 9.73 Å². The van der Waals surface area contributed by atoms with Crippen LogP contribution < -0.4 is 5.32 Å². The van der Waals surface area contributed by atoms with Gasteiger partial charge in [-0.05, 0) is 36.9 Å². The van der Waals surface area contributed by atoms with Crippen molar-refractivity contribution in [2.24, 2.45) is 0 Å². The third-order valence-corrected chi connectivity index (χ3v) is 4.36. The minimum atomic E-state index is -0.0314. The Kier molecular flexibility index (Phi) is 7.33. The lowest BCUT2D eigenvalue weighted by molar-refractivity contribution is -0.116. The molecule has 0 saturated heterocycles. The van der Waals surface area contributed by atoms with Gasteiger partial charge in [0.15, 0.2) is 5.78 Å². The van der Waals surface area contributed by atoms with Gasteiger partial charge in [0, 0.05) is 17.7 Å². The molecule has 8 heteroatoms. The largest absolute Gasteiger partial charge is 0.415 e. The van der Waals surface area contributed by atoms with E-state index in [1.165, 1.54) is 11.8 Å². The van der Waals surface area contributed by atoms with Crippen LogP contribution in [-0.2, 0) is 10.5 Å². The van der Waals surface area contributed by atoms with Gasteiger partial charge in [0.2, 0.25) is 11.8 Å². The van der Waals surface area contributed by atoms with Crippen LogP contribution in [0.5, 0.6) is 0 Å². The number of anilines is 1. The summed E-state index contributed by atoms with van der Waals surface area (Å²) in [6.45, 7) is 1.95. The number of carbonyl (C=O) groups is 2. The summed E-state index contributed by atoms with van der Waals surface area (Å²) in [5, 5.41) is 11.0. The van der Waals surface area contributed by atoms with Crippen molar-refractivity contribution in [3.63, 3.8) is 0 Å². The molecule has 1 aromatic heterocycles. The monoisotopic (exact) mass is 365 g/mol. The quantitative estimate of drug-likeness (QED) is 0.536. The molecule has 0 aliphatic rings. The van der Waals surface area contributed by atoms with Crippen LogP contribution in [0.2, 0.25) is 0 Å². The van der Waals surface area contributed by atoms with Crippen molar-refractivity contribution >= 4 is 40.9 Å². The van der Waals surface area contributed by atoms with E-state index in [4.69, 9.17) is 4.42 Å². The second-order valence-corrected chi connectivity index (χ2v) is 6.77. The fraction of sp³-hybridized carbons (Fsp3) is 0.375. The van der Waals surface area contributed by atoms with Crippen molar-refractivity contribution in [1.82, 2.24) is 10.2 Å². The molecule has 2 rings (SSSR count). The van der Waals surface area contributed by atoms with Gasteiger partial charge in [0.1, 0.15) is 0 Å². The number of Topliss-reactive ketones (excluding diaryl/α,β-unsaturated/α-hetero) is 1. The first-order valence-corrected chi connectivity index (χ1v) is 9.87. The number of thioether (sulfide) groups is 2. The normalized spacial score (nSPS) is 10.6. The molecule has 1 aromatic carbocycles. The molecule has 1 heterocycles.